The lowest BCUT2D eigenvalue weighted by Gasteiger charge is -2.27. The largest absolute Gasteiger partial charge is 0.355 e. The summed E-state index contributed by atoms with van der Waals surface area (Å²) >= 11 is 1.88. The average molecular weight is 310 g/mol. The lowest BCUT2D eigenvalue weighted by atomic mass is 9.84. The Bertz CT molecular complexity index is 487. The number of rotatable bonds is 5. The Morgan fingerprint density at radius 1 is 1.48 bits per heavy atom. The number of hydrogen-bond donors (Lipinski definition) is 2. The summed E-state index contributed by atoms with van der Waals surface area (Å²) in [5.41, 5.74) is 0.215. The van der Waals surface area contributed by atoms with Crippen LogP contribution >= 0.6 is 11.8 Å². The third-order valence-corrected chi connectivity index (χ3v) is 4.89. The zero-order chi connectivity index (χ0) is 15.3. The molecule has 1 heterocycles. The summed E-state index contributed by atoms with van der Waals surface area (Å²) in [6.07, 6.45) is 0.486. The predicted octanol–water partition coefficient (Wildman–Crippen LogP) is 2.31. The molecule has 1 unspecified atom stereocenters. The molecule has 1 amide bonds. The summed E-state index contributed by atoms with van der Waals surface area (Å²) in [7, 11) is 0. The zero-order valence-corrected chi connectivity index (χ0v) is 13.4. The SMILES string of the molecule is CC(C)(CNC(=O)CC1CSCCN1)c1ccccc1F. The minimum atomic E-state index is -0.421. The van der Waals surface area contributed by atoms with E-state index in [9.17, 15) is 9.18 Å². The van der Waals surface area contributed by atoms with Gasteiger partial charge in [0.1, 0.15) is 5.82 Å². The molecule has 1 aromatic carbocycles. The molecule has 5 heteroatoms. The van der Waals surface area contributed by atoms with Crippen LogP contribution in [0.4, 0.5) is 4.39 Å². The van der Waals surface area contributed by atoms with E-state index in [0.29, 0.717) is 18.5 Å². The van der Waals surface area contributed by atoms with Gasteiger partial charge in [0.15, 0.2) is 0 Å². The number of hydrogen-bond acceptors (Lipinski definition) is 3. The molecule has 1 aromatic rings. The molecule has 1 aliphatic heterocycles. The van der Waals surface area contributed by atoms with Gasteiger partial charge in [0.2, 0.25) is 5.91 Å². The number of carbonyl (C=O) groups is 1. The number of carbonyl (C=O) groups excluding carboxylic acids is 1. The normalized spacial score (nSPS) is 19.3. The molecule has 0 spiro atoms. The first-order valence-corrected chi connectivity index (χ1v) is 8.47. The van der Waals surface area contributed by atoms with Crippen molar-refractivity contribution in [2.24, 2.45) is 0 Å². The third kappa shape index (κ3) is 4.71. The molecule has 3 nitrogen and oxygen atoms in total. The van der Waals surface area contributed by atoms with Gasteiger partial charge in [0, 0.05) is 42.5 Å². The minimum absolute atomic E-state index is 0.0272. The van der Waals surface area contributed by atoms with Crippen LogP contribution in [0.1, 0.15) is 25.8 Å². The molecule has 1 atom stereocenters. The maximum atomic E-state index is 13.9. The summed E-state index contributed by atoms with van der Waals surface area (Å²) in [5, 5.41) is 6.29. The zero-order valence-electron chi connectivity index (χ0n) is 12.6. The lowest BCUT2D eigenvalue weighted by Crippen LogP contribution is -2.43. The van der Waals surface area contributed by atoms with Crippen LogP contribution in [-0.4, -0.2) is 36.5 Å². The molecule has 2 rings (SSSR count). The maximum Gasteiger partial charge on any atom is 0.221 e. The summed E-state index contributed by atoms with van der Waals surface area (Å²) < 4.78 is 13.9. The van der Waals surface area contributed by atoms with Crippen molar-refractivity contribution < 1.29 is 9.18 Å². The molecule has 0 aliphatic carbocycles. The van der Waals surface area contributed by atoms with E-state index in [0.717, 1.165) is 18.1 Å². The fourth-order valence-electron chi connectivity index (χ4n) is 2.47. The first-order chi connectivity index (χ1) is 9.99. The highest BCUT2D eigenvalue weighted by Crippen LogP contribution is 2.24. The summed E-state index contributed by atoms with van der Waals surface area (Å²) in [4.78, 5) is 12.0. The standard InChI is InChI=1S/C16H23FN2OS/c1-16(2,13-5-3-4-6-14(13)17)11-19-15(20)9-12-10-21-8-7-18-12/h3-6,12,18H,7-11H2,1-2H3,(H,19,20). The fraction of sp³-hybridized carbons (Fsp3) is 0.562. The van der Waals surface area contributed by atoms with E-state index in [1.165, 1.54) is 6.07 Å². The Morgan fingerprint density at radius 2 is 2.24 bits per heavy atom. The van der Waals surface area contributed by atoms with Crippen molar-refractivity contribution in [3.05, 3.63) is 35.6 Å². The molecule has 0 aromatic heterocycles. The van der Waals surface area contributed by atoms with Crippen molar-refractivity contribution in [2.45, 2.75) is 31.7 Å². The first kappa shape index (κ1) is 16.3. The van der Waals surface area contributed by atoms with Gasteiger partial charge < -0.3 is 10.6 Å². The summed E-state index contributed by atoms with van der Waals surface area (Å²) in [6, 6.07) is 6.99. The number of benzene rings is 1. The second-order valence-electron chi connectivity index (χ2n) is 6.07. The molecule has 1 saturated heterocycles. The minimum Gasteiger partial charge on any atom is -0.355 e. The topological polar surface area (TPSA) is 41.1 Å². The van der Waals surface area contributed by atoms with E-state index in [1.54, 1.807) is 12.1 Å². The Balaban J connectivity index is 1.86. The van der Waals surface area contributed by atoms with Gasteiger partial charge in [0.25, 0.3) is 0 Å². The van der Waals surface area contributed by atoms with Crippen LogP contribution in [0.15, 0.2) is 24.3 Å². The van der Waals surface area contributed by atoms with Crippen molar-refractivity contribution in [1.82, 2.24) is 10.6 Å². The average Bonchev–Trinajstić information content (AvgIpc) is 2.47. The van der Waals surface area contributed by atoms with Gasteiger partial charge in [-0.25, -0.2) is 4.39 Å². The molecular weight excluding hydrogens is 287 g/mol. The smallest absolute Gasteiger partial charge is 0.221 e. The quantitative estimate of drug-likeness (QED) is 0.877. The number of thioether (sulfide) groups is 1. The number of nitrogens with one attached hydrogen (secondary N) is 2. The fourth-order valence-corrected chi connectivity index (χ4v) is 3.42. The van der Waals surface area contributed by atoms with Gasteiger partial charge in [-0.2, -0.15) is 11.8 Å². The Hall–Kier alpha value is -1.07. The van der Waals surface area contributed by atoms with E-state index in [4.69, 9.17) is 0 Å². The van der Waals surface area contributed by atoms with Gasteiger partial charge in [-0.05, 0) is 11.6 Å². The molecule has 0 radical (unpaired) electrons. The highest BCUT2D eigenvalue weighted by molar-refractivity contribution is 7.99. The number of halogens is 1. The van der Waals surface area contributed by atoms with Crippen molar-refractivity contribution in [1.29, 1.82) is 0 Å². The van der Waals surface area contributed by atoms with Crippen molar-refractivity contribution in [3.63, 3.8) is 0 Å². The van der Waals surface area contributed by atoms with Gasteiger partial charge >= 0.3 is 0 Å². The molecule has 2 N–H and O–H groups in total. The second kappa shape index (κ2) is 7.27. The third-order valence-electron chi connectivity index (χ3n) is 3.76. The summed E-state index contributed by atoms with van der Waals surface area (Å²) in [5.74, 6) is 1.89. The van der Waals surface area contributed by atoms with Crippen LogP contribution in [0.25, 0.3) is 0 Å². The Labute approximate surface area is 130 Å². The predicted molar refractivity (Wildman–Crippen MR) is 86.2 cm³/mol. The molecule has 116 valence electrons. The van der Waals surface area contributed by atoms with Gasteiger partial charge in [-0.3, -0.25) is 4.79 Å². The van der Waals surface area contributed by atoms with Gasteiger partial charge in [-0.1, -0.05) is 32.0 Å². The van der Waals surface area contributed by atoms with E-state index < -0.39 is 5.41 Å². The molecule has 0 saturated carbocycles. The van der Waals surface area contributed by atoms with Crippen LogP contribution in [-0.2, 0) is 10.2 Å². The van der Waals surface area contributed by atoms with Crippen LogP contribution in [0, 0.1) is 5.82 Å². The Kier molecular flexibility index (Phi) is 5.65. The second-order valence-corrected chi connectivity index (χ2v) is 7.22. The van der Waals surface area contributed by atoms with Crippen LogP contribution in [0.3, 0.4) is 0 Å². The number of amides is 1. The Morgan fingerprint density at radius 3 is 2.90 bits per heavy atom. The molecule has 1 aliphatic rings. The summed E-state index contributed by atoms with van der Waals surface area (Å²) in [6.45, 7) is 5.29. The van der Waals surface area contributed by atoms with Crippen molar-refractivity contribution in [3.8, 4) is 0 Å². The van der Waals surface area contributed by atoms with E-state index in [2.05, 4.69) is 10.6 Å². The first-order valence-electron chi connectivity index (χ1n) is 7.32. The van der Waals surface area contributed by atoms with E-state index in [-0.39, 0.29) is 17.8 Å². The van der Waals surface area contributed by atoms with Crippen molar-refractivity contribution in [2.75, 3.05) is 24.6 Å². The molecule has 0 bridgehead atoms. The van der Waals surface area contributed by atoms with Gasteiger partial charge in [-0.15, -0.1) is 0 Å². The van der Waals surface area contributed by atoms with Crippen LogP contribution < -0.4 is 10.6 Å². The molecule has 1 fully saturated rings. The molecule has 21 heavy (non-hydrogen) atoms. The van der Waals surface area contributed by atoms with Crippen molar-refractivity contribution >= 4 is 17.7 Å². The van der Waals surface area contributed by atoms with E-state index in [1.807, 2.05) is 31.7 Å². The van der Waals surface area contributed by atoms with Crippen LogP contribution in [0.2, 0.25) is 0 Å². The van der Waals surface area contributed by atoms with Gasteiger partial charge in [0.05, 0.1) is 0 Å². The lowest BCUT2D eigenvalue weighted by molar-refractivity contribution is -0.121. The highest BCUT2D eigenvalue weighted by atomic mass is 32.2. The van der Waals surface area contributed by atoms with Crippen LogP contribution in [0.5, 0.6) is 0 Å². The maximum absolute atomic E-state index is 13.9. The highest BCUT2D eigenvalue weighted by Gasteiger charge is 2.25. The monoisotopic (exact) mass is 310 g/mol. The molecular formula is C16H23FN2OS. The van der Waals surface area contributed by atoms with E-state index >= 15 is 0 Å².